The first-order chi connectivity index (χ1) is 12.8. The highest BCUT2D eigenvalue weighted by molar-refractivity contribution is 6.42. The van der Waals surface area contributed by atoms with E-state index >= 15 is 0 Å². The molecule has 0 fully saturated rings. The molecule has 0 bridgehead atoms. The number of amides is 4. The van der Waals surface area contributed by atoms with Gasteiger partial charge in [0.05, 0.1) is 37.9 Å². The zero-order valence-electron chi connectivity index (χ0n) is 13.8. The summed E-state index contributed by atoms with van der Waals surface area (Å²) < 4.78 is 4.87. The summed E-state index contributed by atoms with van der Waals surface area (Å²) in [5, 5.41) is 2.48. The van der Waals surface area contributed by atoms with Crippen molar-refractivity contribution in [1.82, 2.24) is 5.32 Å². The standard InChI is InChI=1S/C17H12Cl4N2O4/c1-2-27-17(26)23(9-6-7-10(18)13(21)8-9)16(25)22-15(24)14-11(19)4-3-5-12(14)20/h3-8H,2H2,1H3,(H,22,24,25). The van der Waals surface area contributed by atoms with E-state index in [-0.39, 0.29) is 37.9 Å². The van der Waals surface area contributed by atoms with Gasteiger partial charge in [-0.3, -0.25) is 10.1 Å². The molecule has 0 saturated heterocycles. The molecule has 142 valence electrons. The second-order valence-corrected chi connectivity index (χ2v) is 6.62. The number of nitrogens with one attached hydrogen (secondary N) is 1. The summed E-state index contributed by atoms with van der Waals surface area (Å²) in [5.74, 6) is -0.884. The van der Waals surface area contributed by atoms with Gasteiger partial charge in [0.2, 0.25) is 0 Å². The fraction of sp³-hybridized carbons (Fsp3) is 0.118. The van der Waals surface area contributed by atoms with Crippen LogP contribution >= 0.6 is 46.4 Å². The van der Waals surface area contributed by atoms with Gasteiger partial charge in [-0.05, 0) is 37.3 Å². The van der Waals surface area contributed by atoms with Gasteiger partial charge in [-0.15, -0.1) is 0 Å². The zero-order valence-corrected chi connectivity index (χ0v) is 16.8. The molecule has 2 rings (SSSR count). The molecule has 0 unspecified atom stereocenters. The smallest absolute Gasteiger partial charge is 0.422 e. The Hall–Kier alpha value is -1.99. The van der Waals surface area contributed by atoms with Crippen molar-refractivity contribution in [1.29, 1.82) is 0 Å². The maximum Gasteiger partial charge on any atom is 0.422 e. The molecule has 27 heavy (non-hydrogen) atoms. The van der Waals surface area contributed by atoms with Crippen LogP contribution in [0.25, 0.3) is 0 Å². The van der Waals surface area contributed by atoms with E-state index in [1.807, 2.05) is 0 Å². The Kier molecular flexibility index (Phi) is 7.33. The Bertz CT molecular complexity index is 884. The van der Waals surface area contributed by atoms with Crippen LogP contribution in [0, 0.1) is 0 Å². The van der Waals surface area contributed by atoms with Gasteiger partial charge >= 0.3 is 12.1 Å². The first-order valence-electron chi connectivity index (χ1n) is 7.47. The number of nitrogens with zero attached hydrogens (tertiary/aromatic N) is 1. The first kappa shape index (κ1) is 21.3. The third kappa shape index (κ3) is 5.05. The average molecular weight is 450 g/mol. The summed E-state index contributed by atoms with van der Waals surface area (Å²) in [6.07, 6.45) is -1.01. The third-order valence-electron chi connectivity index (χ3n) is 3.23. The van der Waals surface area contributed by atoms with Crippen molar-refractivity contribution in [3.8, 4) is 0 Å². The number of urea groups is 1. The number of halogens is 4. The molecule has 0 aliphatic carbocycles. The van der Waals surface area contributed by atoms with Crippen LogP contribution in [0.15, 0.2) is 36.4 Å². The van der Waals surface area contributed by atoms with Gasteiger partial charge in [0, 0.05) is 0 Å². The molecular formula is C17H12Cl4N2O4. The van der Waals surface area contributed by atoms with Crippen LogP contribution in [-0.4, -0.2) is 24.6 Å². The Morgan fingerprint density at radius 1 is 0.963 bits per heavy atom. The highest BCUT2D eigenvalue weighted by atomic mass is 35.5. The van der Waals surface area contributed by atoms with E-state index in [1.165, 1.54) is 30.3 Å². The number of carbonyl (C=O) groups excluding carboxylic acids is 3. The Morgan fingerprint density at radius 2 is 1.59 bits per heavy atom. The van der Waals surface area contributed by atoms with Gasteiger partial charge in [0.25, 0.3) is 5.91 Å². The lowest BCUT2D eigenvalue weighted by molar-refractivity contribution is 0.0965. The minimum atomic E-state index is -1.08. The minimum absolute atomic E-state index is 0.00816. The van der Waals surface area contributed by atoms with Gasteiger partial charge in [-0.2, -0.15) is 4.90 Å². The number of rotatable bonds is 3. The lowest BCUT2D eigenvalue weighted by atomic mass is 10.2. The number of hydrogen-bond acceptors (Lipinski definition) is 4. The molecule has 10 heteroatoms. The molecule has 4 amide bonds. The number of hydrogen-bond donors (Lipinski definition) is 1. The minimum Gasteiger partial charge on any atom is -0.449 e. The van der Waals surface area contributed by atoms with Gasteiger partial charge in [-0.25, -0.2) is 9.59 Å². The summed E-state index contributed by atoms with van der Waals surface area (Å²) >= 11 is 23.7. The fourth-order valence-corrected chi connectivity index (χ4v) is 2.91. The first-order valence-corrected chi connectivity index (χ1v) is 8.98. The van der Waals surface area contributed by atoms with Gasteiger partial charge in [-0.1, -0.05) is 52.5 Å². The SMILES string of the molecule is CCOC(=O)N(C(=O)NC(=O)c1c(Cl)cccc1Cl)c1ccc(Cl)c(Cl)c1. The normalized spacial score (nSPS) is 10.3. The van der Waals surface area contributed by atoms with E-state index in [1.54, 1.807) is 13.0 Å². The number of carbonyl (C=O) groups is 3. The lowest BCUT2D eigenvalue weighted by Crippen LogP contribution is -2.46. The van der Waals surface area contributed by atoms with Crippen LogP contribution in [0.3, 0.4) is 0 Å². The number of benzene rings is 2. The average Bonchev–Trinajstić information content (AvgIpc) is 2.58. The summed E-state index contributed by atoms with van der Waals surface area (Å²) in [7, 11) is 0. The monoisotopic (exact) mass is 448 g/mol. The predicted octanol–water partition coefficient (Wildman–Crippen LogP) is 5.81. The van der Waals surface area contributed by atoms with E-state index < -0.39 is 18.0 Å². The predicted molar refractivity (Wildman–Crippen MR) is 105 cm³/mol. The number of ether oxygens (including phenoxy) is 1. The summed E-state index contributed by atoms with van der Waals surface area (Å²) in [5.41, 5.74) is -0.0504. The van der Waals surface area contributed by atoms with Crippen LogP contribution in [0.1, 0.15) is 17.3 Å². The number of imide groups is 2. The van der Waals surface area contributed by atoms with Crippen molar-refractivity contribution in [2.75, 3.05) is 11.5 Å². The molecule has 1 N–H and O–H groups in total. The molecule has 0 radical (unpaired) electrons. The van der Waals surface area contributed by atoms with Crippen LogP contribution in [0.4, 0.5) is 15.3 Å². The van der Waals surface area contributed by atoms with E-state index in [2.05, 4.69) is 5.32 Å². The van der Waals surface area contributed by atoms with Crippen molar-refractivity contribution >= 4 is 70.1 Å². The summed E-state index contributed by atoms with van der Waals surface area (Å²) in [6.45, 7) is 1.58. The van der Waals surface area contributed by atoms with Crippen LogP contribution in [0.2, 0.25) is 20.1 Å². The van der Waals surface area contributed by atoms with E-state index in [4.69, 9.17) is 51.1 Å². The topological polar surface area (TPSA) is 75.7 Å². The highest BCUT2D eigenvalue weighted by Gasteiger charge is 2.28. The quantitative estimate of drug-likeness (QED) is 0.641. The van der Waals surface area contributed by atoms with Crippen LogP contribution < -0.4 is 10.2 Å². The molecule has 0 saturated carbocycles. The maximum atomic E-state index is 12.6. The summed E-state index contributed by atoms with van der Waals surface area (Å²) in [4.78, 5) is 37.8. The van der Waals surface area contributed by atoms with Crippen molar-refractivity contribution in [3.05, 3.63) is 62.1 Å². The lowest BCUT2D eigenvalue weighted by Gasteiger charge is -2.20. The molecule has 2 aromatic carbocycles. The molecule has 0 aliphatic rings. The Balaban J connectivity index is 2.35. The molecular weight excluding hydrogens is 438 g/mol. The van der Waals surface area contributed by atoms with E-state index in [0.29, 0.717) is 4.90 Å². The molecule has 0 spiro atoms. The van der Waals surface area contributed by atoms with Crippen molar-refractivity contribution in [2.45, 2.75) is 6.92 Å². The second-order valence-electron chi connectivity index (χ2n) is 4.99. The van der Waals surface area contributed by atoms with Gasteiger partial charge in [0.1, 0.15) is 0 Å². The molecule has 2 aromatic rings. The Morgan fingerprint density at radius 3 is 2.15 bits per heavy atom. The fourth-order valence-electron chi connectivity index (χ4n) is 2.05. The van der Waals surface area contributed by atoms with Crippen molar-refractivity contribution < 1.29 is 19.1 Å². The molecule has 0 aliphatic heterocycles. The molecule has 6 nitrogen and oxygen atoms in total. The third-order valence-corrected chi connectivity index (χ3v) is 4.59. The maximum absolute atomic E-state index is 12.6. The van der Waals surface area contributed by atoms with Crippen LogP contribution in [0.5, 0.6) is 0 Å². The highest BCUT2D eigenvalue weighted by Crippen LogP contribution is 2.28. The molecule has 0 atom stereocenters. The Labute approximate surface area is 174 Å². The van der Waals surface area contributed by atoms with E-state index in [9.17, 15) is 14.4 Å². The van der Waals surface area contributed by atoms with Crippen LogP contribution in [-0.2, 0) is 4.74 Å². The second kappa shape index (κ2) is 9.28. The van der Waals surface area contributed by atoms with Gasteiger partial charge in [0.15, 0.2) is 0 Å². The molecule has 0 heterocycles. The van der Waals surface area contributed by atoms with Crippen molar-refractivity contribution in [2.24, 2.45) is 0 Å². The zero-order chi connectivity index (χ0) is 20.1. The van der Waals surface area contributed by atoms with E-state index in [0.717, 1.165) is 0 Å². The van der Waals surface area contributed by atoms with Crippen molar-refractivity contribution in [3.63, 3.8) is 0 Å². The largest absolute Gasteiger partial charge is 0.449 e. The molecule has 0 aromatic heterocycles. The number of anilines is 1. The van der Waals surface area contributed by atoms with Gasteiger partial charge < -0.3 is 4.74 Å². The summed E-state index contributed by atoms with van der Waals surface area (Å²) in [6, 6.07) is 7.40.